The summed E-state index contributed by atoms with van der Waals surface area (Å²) in [7, 11) is 0. The SMILES string of the molecule is CCCCOCC(=O)C(CC)(CC)C(=O)[O-].CCCCOCC(=O)C(CC)(CC)C(=O)[O-].CCCCOCC(=O)C(CC)(CC)C(=O)[O-].CCCCOCC(=O)C(CC)(CC)C(=O)[O-].[Zr+4]. The number of carboxylic acids is 4. The zero-order valence-corrected chi connectivity index (χ0v) is 44.5. The summed E-state index contributed by atoms with van der Waals surface area (Å²) < 4.78 is 20.6. The summed E-state index contributed by atoms with van der Waals surface area (Å²) in [4.78, 5) is 91.2. The second-order valence-electron chi connectivity index (χ2n) is 15.6. The molecule has 0 aliphatic heterocycles. The molecule has 0 rings (SSSR count). The van der Waals surface area contributed by atoms with Crippen molar-refractivity contribution in [3.05, 3.63) is 0 Å². The fraction of sp³-hybridized carbons (Fsp3) is 0.833. The van der Waals surface area contributed by atoms with Crippen LogP contribution in [0.15, 0.2) is 0 Å². The zero-order chi connectivity index (χ0) is 50.4. The van der Waals surface area contributed by atoms with Crippen LogP contribution in [0.3, 0.4) is 0 Å². The molecule has 0 radical (unpaired) electrons. The Kier molecular flexibility index (Phi) is 45.5. The number of Topliss-reactive ketones (excluding diaryl/α,β-unsaturated/α-hetero) is 4. The maximum atomic E-state index is 11.8. The van der Waals surface area contributed by atoms with Crippen molar-refractivity contribution >= 4 is 47.0 Å². The van der Waals surface area contributed by atoms with E-state index in [1.54, 1.807) is 55.4 Å². The Hall–Kier alpha value is -2.72. The quantitative estimate of drug-likeness (QED) is 0.0640. The Morgan fingerprint density at radius 1 is 0.308 bits per heavy atom. The number of rotatable bonds is 36. The first-order chi connectivity index (χ1) is 30.2. The van der Waals surface area contributed by atoms with E-state index in [2.05, 4.69) is 0 Å². The molecule has 0 atom stereocenters. The Morgan fingerprint density at radius 2 is 0.446 bits per heavy atom. The molecule has 0 saturated carbocycles. The number of carbonyl (C=O) groups excluding carboxylic acids is 8. The molecule has 0 N–H and O–H groups in total. The van der Waals surface area contributed by atoms with Gasteiger partial charge in [-0.2, -0.15) is 0 Å². The molecule has 0 aromatic carbocycles. The monoisotopic (exact) mass is 1010 g/mol. The van der Waals surface area contributed by atoms with Crippen molar-refractivity contribution in [1.29, 1.82) is 0 Å². The second-order valence-corrected chi connectivity index (χ2v) is 15.6. The summed E-state index contributed by atoms with van der Waals surface area (Å²) in [5.41, 5.74) is -5.48. The van der Waals surface area contributed by atoms with Crippen molar-refractivity contribution < 1.29 is 104 Å². The minimum Gasteiger partial charge on any atom is -0.549 e. The van der Waals surface area contributed by atoms with Crippen LogP contribution in [0.1, 0.15) is 186 Å². The number of carboxylic acid groups (broad SMARTS) is 4. The summed E-state index contributed by atoms with van der Waals surface area (Å²) >= 11 is 0. The van der Waals surface area contributed by atoms with E-state index >= 15 is 0 Å². The maximum absolute atomic E-state index is 11.8. The molecule has 0 bridgehead atoms. The first-order valence-electron chi connectivity index (χ1n) is 23.5. The van der Waals surface area contributed by atoms with Crippen molar-refractivity contribution in [3.63, 3.8) is 0 Å². The van der Waals surface area contributed by atoms with Crippen LogP contribution in [-0.2, 0) is 83.5 Å². The zero-order valence-electron chi connectivity index (χ0n) is 42.0. The topological polar surface area (TPSA) is 266 Å². The van der Waals surface area contributed by atoms with Gasteiger partial charge in [-0.05, 0) is 77.0 Å². The normalized spacial score (nSPS) is 11.3. The number of hydrogen-bond donors (Lipinski definition) is 0. The standard InChI is InChI=1S/4C12H22O4.Zr/c4*1-4-7-8-16-9-10(13)12(5-2,6-3)11(14)15;/h4*4-9H2,1-3H3,(H,14,15);/q;;;;+4/p-4. The van der Waals surface area contributed by atoms with Crippen LogP contribution in [0.2, 0.25) is 0 Å². The van der Waals surface area contributed by atoms with Gasteiger partial charge in [0.1, 0.15) is 26.4 Å². The first-order valence-corrected chi connectivity index (χ1v) is 23.5. The van der Waals surface area contributed by atoms with Crippen LogP contribution in [0, 0.1) is 21.7 Å². The van der Waals surface area contributed by atoms with Gasteiger partial charge in [0.05, 0.1) is 45.5 Å². The van der Waals surface area contributed by atoms with E-state index in [1.807, 2.05) is 27.7 Å². The third-order valence-corrected chi connectivity index (χ3v) is 12.0. The molecule has 0 aromatic rings. The Labute approximate surface area is 409 Å². The third-order valence-electron chi connectivity index (χ3n) is 12.0. The van der Waals surface area contributed by atoms with Gasteiger partial charge in [-0.1, -0.05) is 109 Å². The smallest absolute Gasteiger partial charge is 0.549 e. The molecule has 65 heavy (non-hydrogen) atoms. The van der Waals surface area contributed by atoms with Gasteiger partial charge in [0.15, 0.2) is 23.1 Å². The molecule has 0 fully saturated rings. The van der Waals surface area contributed by atoms with Crippen molar-refractivity contribution in [1.82, 2.24) is 0 Å². The molecule has 0 spiro atoms. The van der Waals surface area contributed by atoms with E-state index < -0.39 is 45.5 Å². The predicted octanol–water partition coefficient (Wildman–Crippen LogP) is 3.71. The molecular weight excluding hydrogens is 924 g/mol. The molecule has 0 saturated heterocycles. The van der Waals surface area contributed by atoms with Gasteiger partial charge >= 0.3 is 26.2 Å². The maximum Gasteiger partial charge on any atom is 4.00 e. The van der Waals surface area contributed by atoms with E-state index in [0.717, 1.165) is 51.4 Å². The van der Waals surface area contributed by atoms with Crippen LogP contribution in [0.5, 0.6) is 0 Å². The Bertz CT molecular complexity index is 1130. The largest absolute Gasteiger partial charge is 4.00 e. The molecule has 0 aliphatic rings. The summed E-state index contributed by atoms with van der Waals surface area (Å²) in [6, 6.07) is 0. The van der Waals surface area contributed by atoms with Crippen molar-refractivity contribution in [2.24, 2.45) is 21.7 Å². The number of carbonyl (C=O) groups is 8. The molecule has 0 aliphatic carbocycles. The molecular formula is C48H84O16Zr. The van der Waals surface area contributed by atoms with Gasteiger partial charge in [-0.15, -0.1) is 0 Å². The van der Waals surface area contributed by atoms with Crippen LogP contribution < -0.4 is 20.4 Å². The fourth-order valence-electron chi connectivity index (χ4n) is 6.39. The van der Waals surface area contributed by atoms with E-state index in [9.17, 15) is 58.8 Å². The fourth-order valence-corrected chi connectivity index (χ4v) is 6.39. The third kappa shape index (κ3) is 24.8. The number of unbranched alkanes of at least 4 members (excludes halogenated alkanes) is 4. The van der Waals surface area contributed by atoms with Crippen LogP contribution >= 0.6 is 0 Å². The Morgan fingerprint density at radius 3 is 0.538 bits per heavy atom. The molecule has 0 aromatic heterocycles. The number of ketones is 4. The van der Waals surface area contributed by atoms with Crippen molar-refractivity contribution in [3.8, 4) is 0 Å². The molecule has 0 heterocycles. The van der Waals surface area contributed by atoms with Crippen LogP contribution in [0.25, 0.3) is 0 Å². The first kappa shape index (κ1) is 71.3. The summed E-state index contributed by atoms with van der Waals surface area (Å²) in [6.07, 6.45) is 9.48. The molecule has 376 valence electrons. The van der Waals surface area contributed by atoms with Gasteiger partial charge in [0.25, 0.3) is 0 Å². The van der Waals surface area contributed by atoms with Crippen molar-refractivity contribution in [2.75, 3.05) is 52.9 Å². The van der Waals surface area contributed by atoms with E-state index in [1.165, 1.54) is 0 Å². The Balaban J connectivity index is -0.000000245. The number of hydrogen-bond acceptors (Lipinski definition) is 16. The van der Waals surface area contributed by atoms with Crippen molar-refractivity contribution in [2.45, 2.75) is 186 Å². The van der Waals surface area contributed by atoms with Gasteiger partial charge in [-0.25, -0.2) is 0 Å². The molecule has 17 heteroatoms. The van der Waals surface area contributed by atoms with Gasteiger partial charge in [0, 0.05) is 26.4 Å². The minimum absolute atomic E-state index is 0. The van der Waals surface area contributed by atoms with Gasteiger partial charge in [0.2, 0.25) is 0 Å². The number of ether oxygens (including phenoxy) is 4. The van der Waals surface area contributed by atoms with E-state index in [0.29, 0.717) is 26.4 Å². The van der Waals surface area contributed by atoms with E-state index in [4.69, 9.17) is 18.9 Å². The van der Waals surface area contributed by atoms with Crippen LogP contribution in [0.4, 0.5) is 0 Å². The van der Waals surface area contributed by atoms with Gasteiger partial charge < -0.3 is 58.6 Å². The van der Waals surface area contributed by atoms with E-state index in [-0.39, 0.29) is 127 Å². The average Bonchev–Trinajstić information content (AvgIpc) is 3.27. The summed E-state index contributed by atoms with van der Waals surface area (Å²) in [5.74, 6) is -6.68. The van der Waals surface area contributed by atoms with Crippen LogP contribution in [-0.4, -0.2) is 99.9 Å². The summed E-state index contributed by atoms with van der Waals surface area (Å²) in [6.45, 7) is 23.0. The van der Waals surface area contributed by atoms with Gasteiger partial charge in [-0.3, -0.25) is 19.2 Å². The minimum atomic E-state index is -1.37. The number of aliphatic carboxylic acids is 4. The second kappa shape index (κ2) is 41.5. The molecule has 0 amide bonds. The summed E-state index contributed by atoms with van der Waals surface area (Å²) in [5, 5.41) is 44.1. The predicted molar refractivity (Wildman–Crippen MR) is 235 cm³/mol. The average molecular weight is 1010 g/mol. The molecule has 16 nitrogen and oxygen atoms in total. The molecule has 0 unspecified atom stereocenters.